The largest absolute Gasteiger partial charge is 0.493 e. The van der Waals surface area contributed by atoms with Gasteiger partial charge in [-0.05, 0) is 56.3 Å². The highest BCUT2D eigenvalue weighted by atomic mass is 16.7. The molecule has 0 fully saturated rings. The van der Waals surface area contributed by atoms with Gasteiger partial charge >= 0.3 is 0 Å². The molecule has 0 saturated carbocycles. The molecule has 2 heterocycles. The van der Waals surface area contributed by atoms with Crippen LogP contribution in [0.4, 0.5) is 0 Å². The number of benzene rings is 2. The van der Waals surface area contributed by atoms with E-state index in [2.05, 4.69) is 0 Å². The number of rotatable bonds is 5. The van der Waals surface area contributed by atoms with Crippen molar-refractivity contribution in [2.24, 2.45) is 0 Å². The summed E-state index contributed by atoms with van der Waals surface area (Å²) in [5.41, 5.74) is 2.52. The fraction of sp³-hybridized carbons (Fsp3) is 0.286. The van der Waals surface area contributed by atoms with Crippen LogP contribution in [-0.2, 0) is 6.42 Å². The van der Waals surface area contributed by atoms with E-state index in [1.165, 1.54) is 0 Å². The summed E-state index contributed by atoms with van der Waals surface area (Å²) in [5, 5.41) is 0. The van der Waals surface area contributed by atoms with Crippen molar-refractivity contribution in [3.8, 4) is 23.0 Å². The third-order valence-electron chi connectivity index (χ3n) is 4.40. The monoisotopic (exact) mass is 352 g/mol. The Balaban J connectivity index is 1.60. The van der Waals surface area contributed by atoms with Gasteiger partial charge in [0.05, 0.1) is 6.61 Å². The molecule has 2 aliphatic heterocycles. The van der Waals surface area contributed by atoms with Crippen molar-refractivity contribution >= 4 is 11.9 Å². The van der Waals surface area contributed by atoms with Crippen LogP contribution < -0.4 is 18.9 Å². The number of hydrogen-bond acceptors (Lipinski definition) is 5. The first-order valence-electron chi connectivity index (χ1n) is 8.72. The first kappa shape index (κ1) is 16.5. The standard InChI is InChI=1S/C21H20O5/c1-3-23-19-11-16-8-13(2)26-20(16)10-15(19)4-6-17(22)14-5-7-18-21(9-14)25-12-24-18/h4-7,9-11,13H,3,8,12H2,1-2H3/b6-4+/t13-/m1/s1. The van der Waals surface area contributed by atoms with Crippen molar-refractivity contribution in [2.45, 2.75) is 26.4 Å². The van der Waals surface area contributed by atoms with Gasteiger partial charge in [-0.15, -0.1) is 0 Å². The molecule has 4 rings (SSSR count). The molecular weight excluding hydrogens is 332 g/mol. The maximum Gasteiger partial charge on any atom is 0.231 e. The lowest BCUT2D eigenvalue weighted by Gasteiger charge is -2.10. The fourth-order valence-corrected chi connectivity index (χ4v) is 3.18. The molecule has 5 heteroatoms. The summed E-state index contributed by atoms with van der Waals surface area (Å²) in [6.07, 6.45) is 4.34. The fourth-order valence-electron chi connectivity index (χ4n) is 3.18. The molecule has 134 valence electrons. The van der Waals surface area contributed by atoms with Gasteiger partial charge in [0.2, 0.25) is 6.79 Å². The number of fused-ring (bicyclic) bond motifs is 2. The number of hydrogen-bond donors (Lipinski definition) is 0. The molecule has 0 spiro atoms. The Morgan fingerprint density at radius 1 is 1.19 bits per heavy atom. The summed E-state index contributed by atoms with van der Waals surface area (Å²) in [7, 11) is 0. The summed E-state index contributed by atoms with van der Waals surface area (Å²) in [6.45, 7) is 4.73. The van der Waals surface area contributed by atoms with Crippen molar-refractivity contribution in [1.29, 1.82) is 0 Å². The Hall–Kier alpha value is -2.95. The van der Waals surface area contributed by atoms with Crippen LogP contribution in [0.15, 0.2) is 36.4 Å². The third kappa shape index (κ3) is 3.12. The lowest BCUT2D eigenvalue weighted by atomic mass is 10.0. The van der Waals surface area contributed by atoms with Crippen LogP contribution in [0.5, 0.6) is 23.0 Å². The number of carbonyl (C=O) groups is 1. The van der Waals surface area contributed by atoms with E-state index in [0.717, 1.165) is 29.0 Å². The second-order valence-corrected chi connectivity index (χ2v) is 6.33. The molecule has 0 saturated heterocycles. The van der Waals surface area contributed by atoms with Gasteiger partial charge in [0, 0.05) is 23.1 Å². The first-order chi connectivity index (χ1) is 12.6. The first-order valence-corrected chi connectivity index (χ1v) is 8.72. The predicted molar refractivity (Wildman–Crippen MR) is 97.3 cm³/mol. The molecule has 0 unspecified atom stereocenters. The topological polar surface area (TPSA) is 54.0 Å². The van der Waals surface area contributed by atoms with E-state index in [1.807, 2.05) is 26.0 Å². The predicted octanol–water partition coefficient (Wildman–Crippen LogP) is 4.03. The average molecular weight is 352 g/mol. The van der Waals surface area contributed by atoms with Crippen LogP contribution in [0.2, 0.25) is 0 Å². The highest BCUT2D eigenvalue weighted by Crippen LogP contribution is 2.36. The molecule has 5 nitrogen and oxygen atoms in total. The zero-order chi connectivity index (χ0) is 18.1. The molecule has 1 atom stereocenters. The van der Waals surface area contributed by atoms with Crippen LogP contribution in [0.25, 0.3) is 6.08 Å². The molecule has 2 aromatic rings. The summed E-state index contributed by atoms with van der Waals surface area (Å²) in [6, 6.07) is 9.13. The molecule has 0 aliphatic carbocycles. The molecule has 0 radical (unpaired) electrons. The van der Waals surface area contributed by atoms with Gasteiger partial charge in [0.1, 0.15) is 17.6 Å². The second-order valence-electron chi connectivity index (χ2n) is 6.33. The minimum absolute atomic E-state index is 0.111. The minimum Gasteiger partial charge on any atom is -0.493 e. The maximum atomic E-state index is 12.5. The molecule has 0 aromatic heterocycles. The second kappa shape index (κ2) is 6.75. The lowest BCUT2D eigenvalue weighted by Crippen LogP contribution is -2.05. The molecular formula is C21H20O5. The van der Waals surface area contributed by atoms with Crippen molar-refractivity contribution in [3.63, 3.8) is 0 Å². The Bertz CT molecular complexity index is 884. The van der Waals surface area contributed by atoms with Gasteiger partial charge in [-0.1, -0.05) is 0 Å². The number of carbonyl (C=O) groups excluding carboxylic acids is 1. The van der Waals surface area contributed by atoms with E-state index >= 15 is 0 Å². The van der Waals surface area contributed by atoms with Crippen molar-refractivity contribution < 1.29 is 23.7 Å². The number of ketones is 1. The molecule has 0 N–H and O–H groups in total. The molecule has 0 bridgehead atoms. The van der Waals surface area contributed by atoms with Crippen LogP contribution in [-0.4, -0.2) is 25.3 Å². The Morgan fingerprint density at radius 3 is 2.88 bits per heavy atom. The van der Waals surface area contributed by atoms with E-state index in [1.54, 1.807) is 30.4 Å². The summed E-state index contributed by atoms with van der Waals surface area (Å²) in [4.78, 5) is 12.5. The van der Waals surface area contributed by atoms with Crippen molar-refractivity contribution in [1.82, 2.24) is 0 Å². The molecule has 2 aromatic carbocycles. The van der Waals surface area contributed by atoms with Crippen LogP contribution in [0, 0.1) is 0 Å². The van der Waals surface area contributed by atoms with Crippen LogP contribution in [0.1, 0.15) is 35.3 Å². The van der Waals surface area contributed by atoms with Crippen LogP contribution >= 0.6 is 0 Å². The van der Waals surface area contributed by atoms with Gasteiger partial charge in [0.15, 0.2) is 17.3 Å². The van der Waals surface area contributed by atoms with E-state index in [9.17, 15) is 4.79 Å². The Labute approximate surface area is 152 Å². The van der Waals surface area contributed by atoms with Crippen LogP contribution in [0.3, 0.4) is 0 Å². The normalized spacial score (nSPS) is 17.2. The zero-order valence-corrected chi connectivity index (χ0v) is 14.8. The lowest BCUT2D eigenvalue weighted by molar-refractivity contribution is 0.104. The number of allylic oxidation sites excluding steroid dienone is 1. The van der Waals surface area contributed by atoms with E-state index in [0.29, 0.717) is 23.7 Å². The average Bonchev–Trinajstić information content (AvgIpc) is 3.23. The highest BCUT2D eigenvalue weighted by molar-refractivity contribution is 6.07. The SMILES string of the molecule is CCOc1cc2c(cc1/C=C/C(=O)c1ccc3c(c1)OCO3)O[C@H](C)C2. The molecule has 2 aliphatic rings. The van der Waals surface area contributed by atoms with Gasteiger partial charge < -0.3 is 18.9 Å². The number of ether oxygens (including phenoxy) is 4. The van der Waals surface area contributed by atoms with Gasteiger partial charge in [-0.2, -0.15) is 0 Å². The molecule has 26 heavy (non-hydrogen) atoms. The van der Waals surface area contributed by atoms with E-state index in [4.69, 9.17) is 18.9 Å². The third-order valence-corrected chi connectivity index (χ3v) is 4.40. The minimum atomic E-state index is -0.111. The van der Waals surface area contributed by atoms with Gasteiger partial charge in [-0.3, -0.25) is 4.79 Å². The summed E-state index contributed by atoms with van der Waals surface area (Å²) >= 11 is 0. The quantitative estimate of drug-likeness (QED) is 0.601. The van der Waals surface area contributed by atoms with Crippen molar-refractivity contribution in [2.75, 3.05) is 13.4 Å². The van der Waals surface area contributed by atoms with Crippen molar-refractivity contribution in [3.05, 3.63) is 53.1 Å². The highest BCUT2D eigenvalue weighted by Gasteiger charge is 2.21. The van der Waals surface area contributed by atoms with E-state index < -0.39 is 0 Å². The Kier molecular flexibility index (Phi) is 4.29. The molecule has 0 amide bonds. The van der Waals surface area contributed by atoms with Gasteiger partial charge in [0.25, 0.3) is 0 Å². The maximum absolute atomic E-state index is 12.5. The summed E-state index contributed by atoms with van der Waals surface area (Å²) < 4.78 is 22.2. The zero-order valence-electron chi connectivity index (χ0n) is 14.8. The smallest absolute Gasteiger partial charge is 0.231 e. The van der Waals surface area contributed by atoms with E-state index in [-0.39, 0.29) is 18.7 Å². The van der Waals surface area contributed by atoms with Gasteiger partial charge in [-0.25, -0.2) is 0 Å². The summed E-state index contributed by atoms with van der Waals surface area (Å²) in [5.74, 6) is 2.77. The Morgan fingerprint density at radius 2 is 2.04 bits per heavy atom.